The van der Waals surface area contributed by atoms with Crippen molar-refractivity contribution in [3.8, 4) is 0 Å². The number of nitrogens with zero attached hydrogens (tertiary/aromatic N) is 2. The fraction of sp³-hybridized carbons (Fsp3) is 0.125. The molecule has 1 fully saturated rings. The molecule has 1 heterocycles. The summed E-state index contributed by atoms with van der Waals surface area (Å²) < 4.78 is 0. The summed E-state index contributed by atoms with van der Waals surface area (Å²) >= 11 is 11.6. The second-order valence-corrected chi connectivity index (χ2v) is 5.96. The van der Waals surface area contributed by atoms with Gasteiger partial charge in [0, 0.05) is 10.0 Å². The van der Waals surface area contributed by atoms with E-state index >= 15 is 0 Å². The van der Waals surface area contributed by atoms with E-state index in [-0.39, 0.29) is 12.3 Å². The number of benzene rings is 2. The molecule has 1 N–H and O–H groups in total. The molecule has 23 heavy (non-hydrogen) atoms. The Kier molecular flexibility index (Phi) is 4.26. The lowest BCUT2D eigenvalue weighted by molar-refractivity contribution is -0.121. The van der Waals surface area contributed by atoms with Crippen molar-refractivity contribution in [2.75, 3.05) is 9.96 Å². The molecule has 0 spiro atoms. The maximum absolute atomic E-state index is 12.5. The van der Waals surface area contributed by atoms with Crippen LogP contribution in [0.5, 0.6) is 0 Å². The molecule has 1 aliphatic heterocycles. The lowest BCUT2D eigenvalue weighted by Gasteiger charge is -2.22. The topological polar surface area (TPSA) is 60.9 Å². The Labute approximate surface area is 142 Å². The Hall–Kier alpha value is -2.08. The Morgan fingerprint density at radius 2 is 1.48 bits per heavy atom. The summed E-state index contributed by atoms with van der Waals surface area (Å²) in [6, 6.07) is 11.7. The van der Waals surface area contributed by atoms with E-state index in [1.807, 2.05) is 0 Å². The average molecular weight is 351 g/mol. The highest BCUT2D eigenvalue weighted by Gasteiger charge is 2.43. The Morgan fingerprint density at radius 3 is 2.04 bits per heavy atom. The van der Waals surface area contributed by atoms with Gasteiger partial charge in [0.15, 0.2) is 0 Å². The molecule has 1 atom stereocenters. The number of carbonyl (C=O) groups excluding carboxylic acids is 2. The summed E-state index contributed by atoms with van der Waals surface area (Å²) in [7, 11) is 0. The van der Waals surface area contributed by atoms with Crippen LogP contribution in [0.3, 0.4) is 0 Å². The van der Waals surface area contributed by atoms with E-state index in [4.69, 9.17) is 23.2 Å². The van der Waals surface area contributed by atoms with Crippen LogP contribution in [0.2, 0.25) is 10.0 Å². The van der Waals surface area contributed by atoms with Crippen molar-refractivity contribution >= 4 is 46.4 Å². The van der Waals surface area contributed by atoms with Gasteiger partial charge >= 0.3 is 0 Å². The van der Waals surface area contributed by atoms with Crippen molar-refractivity contribution in [1.82, 2.24) is 0 Å². The highest BCUT2D eigenvalue weighted by Crippen LogP contribution is 2.29. The lowest BCUT2D eigenvalue weighted by atomic mass is 10.2. The second-order valence-electron chi connectivity index (χ2n) is 5.08. The number of hydrogen-bond donors (Lipinski definition) is 1. The maximum Gasteiger partial charge on any atom is 0.259 e. The summed E-state index contributed by atoms with van der Waals surface area (Å²) in [6.07, 6.45) is -0.111. The third-order valence-electron chi connectivity index (χ3n) is 3.59. The normalized spacial score (nSPS) is 17.7. The van der Waals surface area contributed by atoms with Crippen LogP contribution in [-0.2, 0) is 9.59 Å². The van der Waals surface area contributed by atoms with Gasteiger partial charge in [-0.05, 0) is 48.5 Å². The fourth-order valence-corrected chi connectivity index (χ4v) is 2.69. The van der Waals surface area contributed by atoms with E-state index in [1.54, 1.807) is 48.5 Å². The summed E-state index contributed by atoms with van der Waals surface area (Å²) in [5.41, 5.74) is 0.815. The number of hydroxylamine groups is 1. The Morgan fingerprint density at radius 1 is 0.957 bits per heavy atom. The number of amides is 2. The largest absolute Gasteiger partial charge is 0.288 e. The van der Waals surface area contributed by atoms with E-state index < -0.39 is 11.9 Å². The molecule has 3 rings (SSSR count). The highest BCUT2D eigenvalue weighted by atomic mass is 35.5. The van der Waals surface area contributed by atoms with Gasteiger partial charge in [0.05, 0.1) is 17.8 Å². The van der Waals surface area contributed by atoms with Crippen LogP contribution in [0.1, 0.15) is 6.42 Å². The van der Waals surface area contributed by atoms with Crippen molar-refractivity contribution in [2.24, 2.45) is 0 Å². The molecule has 2 aromatic carbocycles. The van der Waals surface area contributed by atoms with E-state index in [1.165, 1.54) is 0 Å². The number of imide groups is 1. The Bertz CT molecular complexity index is 747. The number of hydrogen-bond acceptors (Lipinski definition) is 4. The lowest BCUT2D eigenvalue weighted by Crippen LogP contribution is -2.40. The molecule has 1 saturated heterocycles. The molecule has 1 unspecified atom stereocenters. The summed E-state index contributed by atoms with van der Waals surface area (Å²) in [5.74, 6) is -0.870. The summed E-state index contributed by atoms with van der Waals surface area (Å²) in [5, 5.41) is 12.1. The minimum absolute atomic E-state index is 0.111. The number of carbonyl (C=O) groups is 2. The zero-order chi connectivity index (χ0) is 16.6. The summed E-state index contributed by atoms with van der Waals surface area (Å²) in [4.78, 5) is 25.8. The molecule has 118 valence electrons. The van der Waals surface area contributed by atoms with E-state index in [0.29, 0.717) is 21.4 Å². The van der Waals surface area contributed by atoms with Gasteiger partial charge in [-0.1, -0.05) is 23.2 Å². The van der Waals surface area contributed by atoms with Crippen molar-refractivity contribution in [3.05, 3.63) is 58.6 Å². The third-order valence-corrected chi connectivity index (χ3v) is 4.10. The quantitative estimate of drug-likeness (QED) is 0.679. The summed E-state index contributed by atoms with van der Waals surface area (Å²) in [6.45, 7) is 0. The van der Waals surface area contributed by atoms with Crippen LogP contribution >= 0.6 is 23.2 Å². The van der Waals surface area contributed by atoms with Crippen molar-refractivity contribution in [3.63, 3.8) is 0 Å². The zero-order valence-corrected chi connectivity index (χ0v) is 13.3. The van der Waals surface area contributed by atoms with Gasteiger partial charge in [0.2, 0.25) is 5.91 Å². The predicted molar refractivity (Wildman–Crippen MR) is 88.1 cm³/mol. The van der Waals surface area contributed by atoms with Crippen LogP contribution in [0.25, 0.3) is 0 Å². The molecule has 2 amide bonds. The van der Waals surface area contributed by atoms with Gasteiger partial charge in [0.1, 0.15) is 6.04 Å². The molecule has 2 aromatic rings. The molecule has 1 aliphatic rings. The van der Waals surface area contributed by atoms with Crippen LogP contribution in [0.4, 0.5) is 11.4 Å². The van der Waals surface area contributed by atoms with Crippen molar-refractivity contribution in [2.45, 2.75) is 12.5 Å². The molecule has 0 bridgehead atoms. The smallest absolute Gasteiger partial charge is 0.259 e. The monoisotopic (exact) mass is 350 g/mol. The first kappa shape index (κ1) is 15.8. The van der Waals surface area contributed by atoms with Crippen LogP contribution in [0, 0.1) is 0 Å². The molecule has 7 heteroatoms. The Balaban J connectivity index is 1.85. The van der Waals surface area contributed by atoms with Gasteiger partial charge in [0.25, 0.3) is 5.91 Å². The van der Waals surface area contributed by atoms with Gasteiger partial charge in [-0.3, -0.25) is 14.8 Å². The van der Waals surface area contributed by atoms with Gasteiger partial charge in [-0.25, -0.2) is 9.96 Å². The second kappa shape index (κ2) is 6.20. The first-order valence-electron chi connectivity index (χ1n) is 6.83. The van der Waals surface area contributed by atoms with Gasteiger partial charge < -0.3 is 0 Å². The first-order chi connectivity index (χ1) is 11.0. The predicted octanol–water partition coefficient (Wildman–Crippen LogP) is 3.52. The molecule has 0 saturated carbocycles. The highest BCUT2D eigenvalue weighted by molar-refractivity contribution is 6.31. The van der Waals surface area contributed by atoms with E-state index in [2.05, 4.69) is 0 Å². The van der Waals surface area contributed by atoms with Gasteiger partial charge in [-0.15, -0.1) is 0 Å². The third kappa shape index (κ3) is 3.03. The number of rotatable bonds is 3. The van der Waals surface area contributed by atoms with Crippen molar-refractivity contribution in [1.29, 1.82) is 0 Å². The molecular weight excluding hydrogens is 339 g/mol. The van der Waals surface area contributed by atoms with Crippen LogP contribution in [0.15, 0.2) is 48.5 Å². The molecular formula is C16H12Cl2N2O3. The SMILES string of the molecule is O=C1CC(N(O)c2ccc(Cl)cc2)C(=O)N1c1ccc(Cl)cc1. The van der Waals surface area contributed by atoms with Crippen molar-refractivity contribution < 1.29 is 14.8 Å². The van der Waals surface area contributed by atoms with Gasteiger partial charge in [-0.2, -0.15) is 0 Å². The first-order valence-corrected chi connectivity index (χ1v) is 7.59. The minimum atomic E-state index is -0.973. The average Bonchev–Trinajstić information content (AvgIpc) is 2.83. The van der Waals surface area contributed by atoms with E-state index in [0.717, 1.165) is 9.96 Å². The zero-order valence-electron chi connectivity index (χ0n) is 11.8. The maximum atomic E-state index is 12.5. The molecule has 0 radical (unpaired) electrons. The van der Waals surface area contributed by atoms with E-state index in [9.17, 15) is 14.8 Å². The molecule has 5 nitrogen and oxygen atoms in total. The molecule has 0 aromatic heterocycles. The number of halogens is 2. The fourth-order valence-electron chi connectivity index (χ4n) is 2.44. The van der Waals surface area contributed by atoms with Crippen LogP contribution < -0.4 is 9.96 Å². The number of anilines is 2. The minimum Gasteiger partial charge on any atom is -0.288 e. The van der Waals surface area contributed by atoms with Crippen LogP contribution in [-0.4, -0.2) is 23.1 Å². The standard InChI is InChI=1S/C16H12Cl2N2O3/c17-10-1-5-12(6-2-10)19-15(21)9-14(16(19)22)20(23)13-7-3-11(18)4-8-13/h1-8,14,23H,9H2. The molecule has 0 aliphatic carbocycles.